The molecule has 26 heavy (non-hydrogen) atoms. The van der Waals surface area contributed by atoms with E-state index in [-0.39, 0.29) is 33.9 Å². The summed E-state index contributed by atoms with van der Waals surface area (Å²) in [4.78, 5) is 24.1. The van der Waals surface area contributed by atoms with E-state index in [2.05, 4.69) is 22.2 Å². The Morgan fingerprint density at radius 2 is 1.88 bits per heavy atom. The molecule has 0 heterocycles. The van der Waals surface area contributed by atoms with Gasteiger partial charge in [-0.25, -0.2) is 13.1 Å². The molecule has 1 saturated carbocycles. The van der Waals surface area contributed by atoms with Crippen LogP contribution < -0.4 is 15.6 Å². The second-order valence-electron chi connectivity index (χ2n) is 6.06. The summed E-state index contributed by atoms with van der Waals surface area (Å²) in [6.07, 6.45) is 6.13. The monoisotopic (exact) mass is 399 g/mol. The summed E-state index contributed by atoms with van der Waals surface area (Å²) in [5.41, 5.74) is 4.80. The van der Waals surface area contributed by atoms with E-state index in [4.69, 9.17) is 11.6 Å². The molecule has 1 aliphatic rings. The summed E-state index contributed by atoms with van der Waals surface area (Å²) in [5, 5.41) is -0.00986. The topological polar surface area (TPSA) is 104 Å². The molecule has 0 atom stereocenters. The molecule has 0 aliphatic heterocycles. The normalized spacial score (nSPS) is 15.3. The van der Waals surface area contributed by atoms with Crippen molar-refractivity contribution in [3.63, 3.8) is 0 Å². The minimum Gasteiger partial charge on any atom is -0.273 e. The number of hydrogen-bond donors (Lipinski definition) is 3. The van der Waals surface area contributed by atoms with Crippen LogP contribution in [0, 0.1) is 5.92 Å². The Morgan fingerprint density at radius 1 is 1.19 bits per heavy atom. The van der Waals surface area contributed by atoms with Gasteiger partial charge in [-0.1, -0.05) is 36.9 Å². The van der Waals surface area contributed by atoms with Crippen molar-refractivity contribution in [3.8, 4) is 0 Å². The first kappa shape index (κ1) is 20.4. The minimum atomic E-state index is -3.88. The van der Waals surface area contributed by atoms with Crippen LogP contribution in [0.15, 0.2) is 35.7 Å². The molecule has 1 aliphatic carbocycles. The predicted octanol–water partition coefficient (Wildman–Crippen LogP) is 2.15. The number of hydrazine groups is 1. The first-order valence-electron chi connectivity index (χ1n) is 8.35. The maximum absolute atomic E-state index is 12.2. The molecule has 2 amide bonds. The summed E-state index contributed by atoms with van der Waals surface area (Å²) >= 11 is 5.95. The number of rotatable bonds is 6. The average molecular weight is 400 g/mol. The van der Waals surface area contributed by atoms with E-state index in [1.54, 1.807) is 0 Å². The van der Waals surface area contributed by atoms with Gasteiger partial charge in [-0.3, -0.25) is 20.4 Å². The van der Waals surface area contributed by atoms with E-state index < -0.39 is 15.9 Å². The van der Waals surface area contributed by atoms with Gasteiger partial charge in [0.15, 0.2) is 0 Å². The Labute approximate surface area is 158 Å². The average Bonchev–Trinajstić information content (AvgIpc) is 2.65. The maximum Gasteiger partial charge on any atom is 0.269 e. The molecule has 142 valence electrons. The molecule has 0 spiro atoms. The van der Waals surface area contributed by atoms with E-state index in [0.717, 1.165) is 38.2 Å². The van der Waals surface area contributed by atoms with Crippen LogP contribution in [0.3, 0.4) is 0 Å². The lowest BCUT2D eigenvalue weighted by atomic mass is 9.89. The third-order valence-corrected chi connectivity index (χ3v) is 6.08. The molecule has 0 unspecified atom stereocenters. The number of halogens is 1. The zero-order valence-electron chi connectivity index (χ0n) is 14.3. The van der Waals surface area contributed by atoms with Crippen molar-refractivity contribution in [3.05, 3.63) is 41.4 Å². The standard InChI is InChI=1S/C17H22ClN3O4S/c1-2-10-19-26(24,25)15-11-13(8-9-14(15)18)17(23)21-20-16(22)12-6-4-3-5-7-12/h2,8-9,11-12,19H,1,3-7,10H2,(H,20,22)(H,21,23). The molecule has 0 bridgehead atoms. The number of carbonyl (C=O) groups is 2. The highest BCUT2D eigenvalue weighted by Crippen LogP contribution is 2.24. The van der Waals surface area contributed by atoms with Crippen LogP contribution in [-0.4, -0.2) is 26.8 Å². The first-order valence-corrected chi connectivity index (χ1v) is 10.2. The van der Waals surface area contributed by atoms with Gasteiger partial charge in [-0.2, -0.15) is 0 Å². The van der Waals surface area contributed by atoms with Crippen LogP contribution in [-0.2, 0) is 14.8 Å². The summed E-state index contributed by atoms with van der Waals surface area (Å²) < 4.78 is 26.7. The second kappa shape index (κ2) is 9.16. The Bertz CT molecular complexity index is 789. The lowest BCUT2D eigenvalue weighted by molar-refractivity contribution is -0.126. The van der Waals surface area contributed by atoms with Gasteiger partial charge in [0.2, 0.25) is 15.9 Å². The van der Waals surface area contributed by atoms with Crippen molar-refractivity contribution >= 4 is 33.4 Å². The van der Waals surface area contributed by atoms with E-state index >= 15 is 0 Å². The number of benzene rings is 1. The predicted molar refractivity (Wildman–Crippen MR) is 99.0 cm³/mol. The largest absolute Gasteiger partial charge is 0.273 e. The van der Waals surface area contributed by atoms with Crippen molar-refractivity contribution in [2.45, 2.75) is 37.0 Å². The van der Waals surface area contributed by atoms with Gasteiger partial charge in [-0.15, -0.1) is 6.58 Å². The van der Waals surface area contributed by atoms with Crippen LogP contribution in [0.5, 0.6) is 0 Å². The Kier molecular flexibility index (Phi) is 7.19. The van der Waals surface area contributed by atoms with Crippen LogP contribution in [0.1, 0.15) is 42.5 Å². The minimum absolute atomic E-state index is 0.00986. The molecular weight excluding hydrogens is 378 g/mol. The van der Waals surface area contributed by atoms with Gasteiger partial charge in [0, 0.05) is 18.0 Å². The van der Waals surface area contributed by atoms with E-state index in [0.29, 0.717) is 0 Å². The van der Waals surface area contributed by atoms with Crippen molar-refractivity contribution in [2.24, 2.45) is 5.92 Å². The lowest BCUT2D eigenvalue weighted by Gasteiger charge is -2.20. The van der Waals surface area contributed by atoms with Crippen molar-refractivity contribution in [1.29, 1.82) is 0 Å². The Hall–Kier alpha value is -1.90. The van der Waals surface area contributed by atoms with Crippen LogP contribution in [0.2, 0.25) is 5.02 Å². The van der Waals surface area contributed by atoms with Crippen LogP contribution >= 0.6 is 11.6 Å². The van der Waals surface area contributed by atoms with Crippen LogP contribution in [0.4, 0.5) is 0 Å². The van der Waals surface area contributed by atoms with Gasteiger partial charge >= 0.3 is 0 Å². The third kappa shape index (κ3) is 5.30. The van der Waals surface area contributed by atoms with Gasteiger partial charge in [0.05, 0.1) is 5.02 Å². The van der Waals surface area contributed by atoms with Crippen molar-refractivity contribution < 1.29 is 18.0 Å². The Balaban J connectivity index is 2.06. The summed E-state index contributed by atoms with van der Waals surface area (Å²) in [5.74, 6) is -0.952. The van der Waals surface area contributed by atoms with E-state index in [1.807, 2.05) is 0 Å². The molecular formula is C17H22ClN3O4S. The molecule has 7 nitrogen and oxygen atoms in total. The third-order valence-electron chi connectivity index (χ3n) is 4.18. The molecule has 0 aromatic heterocycles. The molecule has 9 heteroatoms. The molecule has 0 saturated heterocycles. The molecule has 1 aromatic carbocycles. The molecule has 1 fully saturated rings. The number of hydrogen-bond acceptors (Lipinski definition) is 4. The number of sulfonamides is 1. The highest BCUT2D eigenvalue weighted by molar-refractivity contribution is 7.89. The zero-order chi connectivity index (χ0) is 19.2. The molecule has 3 N–H and O–H groups in total. The number of amides is 2. The van der Waals surface area contributed by atoms with Gasteiger partial charge < -0.3 is 0 Å². The smallest absolute Gasteiger partial charge is 0.269 e. The summed E-state index contributed by atoms with van der Waals surface area (Å²) in [6.45, 7) is 3.47. The number of carbonyl (C=O) groups excluding carboxylic acids is 2. The first-order chi connectivity index (χ1) is 12.3. The van der Waals surface area contributed by atoms with Crippen LogP contribution in [0.25, 0.3) is 0 Å². The fraction of sp³-hybridized carbons (Fsp3) is 0.412. The van der Waals surface area contributed by atoms with E-state index in [9.17, 15) is 18.0 Å². The summed E-state index contributed by atoms with van der Waals surface area (Å²) in [6, 6.07) is 3.87. The van der Waals surface area contributed by atoms with Gasteiger partial charge in [0.1, 0.15) is 4.90 Å². The SMILES string of the molecule is C=CCNS(=O)(=O)c1cc(C(=O)NNC(=O)C2CCCCC2)ccc1Cl. The molecule has 0 radical (unpaired) electrons. The second-order valence-corrected chi connectivity index (χ2v) is 8.21. The quantitative estimate of drug-likeness (QED) is 0.503. The van der Waals surface area contributed by atoms with Crippen molar-refractivity contribution in [1.82, 2.24) is 15.6 Å². The lowest BCUT2D eigenvalue weighted by Crippen LogP contribution is -2.45. The molecule has 1 aromatic rings. The van der Waals surface area contributed by atoms with Gasteiger partial charge in [-0.05, 0) is 31.0 Å². The highest BCUT2D eigenvalue weighted by Gasteiger charge is 2.22. The van der Waals surface area contributed by atoms with Crippen molar-refractivity contribution in [2.75, 3.05) is 6.54 Å². The number of nitrogens with one attached hydrogen (secondary N) is 3. The maximum atomic E-state index is 12.2. The van der Waals surface area contributed by atoms with Gasteiger partial charge in [0.25, 0.3) is 5.91 Å². The summed E-state index contributed by atoms with van der Waals surface area (Å²) in [7, 11) is -3.88. The van der Waals surface area contributed by atoms with E-state index in [1.165, 1.54) is 18.2 Å². The molecule has 2 rings (SSSR count). The fourth-order valence-electron chi connectivity index (χ4n) is 2.75. The Morgan fingerprint density at radius 3 is 2.54 bits per heavy atom. The fourth-order valence-corrected chi connectivity index (χ4v) is 4.28. The highest BCUT2D eigenvalue weighted by atomic mass is 35.5. The zero-order valence-corrected chi connectivity index (χ0v) is 15.8.